The highest BCUT2D eigenvalue weighted by Crippen LogP contribution is 2.17. The number of pyridine rings is 1. The summed E-state index contributed by atoms with van der Waals surface area (Å²) in [5.74, 6) is 1.57. The van der Waals surface area contributed by atoms with Gasteiger partial charge < -0.3 is 4.57 Å². The topological polar surface area (TPSA) is 43.6 Å². The van der Waals surface area contributed by atoms with E-state index in [4.69, 9.17) is 11.6 Å². The molecule has 0 saturated carbocycles. The Morgan fingerprint density at radius 3 is 2.95 bits per heavy atom. The van der Waals surface area contributed by atoms with Gasteiger partial charge in [-0.1, -0.05) is 0 Å². The summed E-state index contributed by atoms with van der Waals surface area (Å²) in [4.78, 5) is 13.6. The Hall–Kier alpha value is -1.46. The lowest BCUT2D eigenvalue weighted by Crippen LogP contribution is -2.07. The molecule has 4 nitrogen and oxygen atoms in total. The van der Waals surface area contributed by atoms with Gasteiger partial charge in [0.25, 0.3) is 0 Å². The van der Waals surface area contributed by atoms with E-state index in [0.29, 0.717) is 5.88 Å². The Morgan fingerprint density at radius 1 is 1.30 bits per heavy atom. The van der Waals surface area contributed by atoms with Crippen LogP contribution >= 0.6 is 22.9 Å². The molecule has 3 rings (SSSR count). The molecule has 0 spiro atoms. The summed E-state index contributed by atoms with van der Waals surface area (Å²) < 4.78 is 2.16. The van der Waals surface area contributed by atoms with Gasteiger partial charge in [-0.25, -0.2) is 15.0 Å². The molecule has 0 N–H and O–H groups in total. The quantitative estimate of drug-likeness (QED) is 0.680. The number of fused-ring (bicyclic) bond motifs is 1. The van der Waals surface area contributed by atoms with Crippen LogP contribution in [-0.4, -0.2) is 25.4 Å². The van der Waals surface area contributed by atoms with Gasteiger partial charge in [-0.15, -0.1) is 22.9 Å². The number of thiazole rings is 1. The summed E-state index contributed by atoms with van der Waals surface area (Å²) in [5.41, 5.74) is 2.95. The average Bonchev–Trinajstić information content (AvgIpc) is 3.00. The minimum Gasteiger partial charge on any atom is -0.312 e. The highest BCUT2D eigenvalue weighted by molar-refractivity contribution is 7.09. The minimum absolute atomic E-state index is 0.569. The molecule has 0 bridgehead atoms. The molecule has 104 valence electrons. The Kier molecular flexibility index (Phi) is 3.98. The van der Waals surface area contributed by atoms with Crippen molar-refractivity contribution < 1.29 is 0 Å². The largest absolute Gasteiger partial charge is 0.312 e. The maximum absolute atomic E-state index is 5.87. The lowest BCUT2D eigenvalue weighted by molar-refractivity contribution is 0.667. The second-order valence-electron chi connectivity index (χ2n) is 4.60. The van der Waals surface area contributed by atoms with Crippen molar-refractivity contribution in [2.24, 2.45) is 0 Å². The van der Waals surface area contributed by atoms with Crippen molar-refractivity contribution in [2.75, 3.05) is 5.88 Å². The number of halogens is 1. The fourth-order valence-electron chi connectivity index (χ4n) is 2.24. The van der Waals surface area contributed by atoms with Crippen LogP contribution in [0.3, 0.4) is 0 Å². The van der Waals surface area contributed by atoms with Crippen molar-refractivity contribution in [1.82, 2.24) is 19.5 Å². The van der Waals surface area contributed by atoms with Crippen molar-refractivity contribution in [3.05, 3.63) is 40.2 Å². The van der Waals surface area contributed by atoms with E-state index >= 15 is 0 Å². The predicted molar refractivity (Wildman–Crippen MR) is 82.5 cm³/mol. The average molecular weight is 307 g/mol. The first kappa shape index (κ1) is 13.5. The van der Waals surface area contributed by atoms with Gasteiger partial charge >= 0.3 is 0 Å². The zero-order valence-corrected chi connectivity index (χ0v) is 12.8. The molecule has 0 aliphatic heterocycles. The van der Waals surface area contributed by atoms with E-state index in [1.54, 1.807) is 17.5 Å². The van der Waals surface area contributed by atoms with Gasteiger partial charge in [0.15, 0.2) is 5.65 Å². The normalized spacial score (nSPS) is 11.3. The molecule has 20 heavy (non-hydrogen) atoms. The van der Waals surface area contributed by atoms with E-state index in [0.717, 1.165) is 47.1 Å². The number of hydrogen-bond donors (Lipinski definition) is 0. The van der Waals surface area contributed by atoms with Crippen molar-refractivity contribution >= 4 is 34.1 Å². The molecular weight excluding hydrogens is 292 g/mol. The van der Waals surface area contributed by atoms with Gasteiger partial charge in [-0.05, 0) is 19.1 Å². The van der Waals surface area contributed by atoms with E-state index < -0.39 is 0 Å². The number of aryl methyl sites for hydroxylation is 4. The lowest BCUT2D eigenvalue weighted by Gasteiger charge is -2.06. The molecule has 0 saturated heterocycles. The number of aromatic nitrogens is 4. The van der Waals surface area contributed by atoms with Crippen LogP contribution in [0.5, 0.6) is 0 Å². The van der Waals surface area contributed by atoms with Crippen molar-refractivity contribution in [2.45, 2.75) is 26.3 Å². The monoisotopic (exact) mass is 306 g/mol. The van der Waals surface area contributed by atoms with E-state index in [1.807, 2.05) is 19.1 Å². The molecule has 0 fully saturated rings. The third-order valence-electron chi connectivity index (χ3n) is 3.12. The first-order valence-electron chi connectivity index (χ1n) is 6.55. The zero-order valence-electron chi connectivity index (χ0n) is 11.2. The summed E-state index contributed by atoms with van der Waals surface area (Å²) in [7, 11) is 0. The Labute approximate surface area is 126 Å². The summed E-state index contributed by atoms with van der Waals surface area (Å²) in [6.07, 6.45) is 3.46. The summed E-state index contributed by atoms with van der Waals surface area (Å²) in [6, 6.07) is 3.90. The molecule has 0 radical (unpaired) electrons. The SMILES string of the molecule is Cc1csc(CCn2c(CCCl)nc3cccnc32)n1. The van der Waals surface area contributed by atoms with Crippen LogP contribution in [-0.2, 0) is 19.4 Å². The van der Waals surface area contributed by atoms with Crippen LogP contribution in [0.2, 0.25) is 0 Å². The van der Waals surface area contributed by atoms with E-state index in [-0.39, 0.29) is 0 Å². The molecule has 0 amide bonds. The third kappa shape index (κ3) is 2.69. The lowest BCUT2D eigenvalue weighted by atomic mass is 10.4. The van der Waals surface area contributed by atoms with Gasteiger partial charge in [0, 0.05) is 42.5 Å². The molecule has 3 heterocycles. The maximum atomic E-state index is 5.87. The van der Waals surface area contributed by atoms with Crippen molar-refractivity contribution in [3.63, 3.8) is 0 Å². The van der Waals surface area contributed by atoms with E-state index in [2.05, 4.69) is 24.9 Å². The third-order valence-corrected chi connectivity index (χ3v) is 4.33. The Bertz CT molecular complexity index is 719. The predicted octanol–water partition coefficient (Wildman–Crippen LogP) is 3.22. The van der Waals surface area contributed by atoms with Crippen LogP contribution in [0.15, 0.2) is 23.7 Å². The molecular formula is C14H15ClN4S. The zero-order chi connectivity index (χ0) is 13.9. The number of rotatable bonds is 5. The van der Waals surface area contributed by atoms with Gasteiger partial charge in [0.2, 0.25) is 0 Å². The number of alkyl halides is 1. The molecule has 0 aliphatic rings. The first-order valence-corrected chi connectivity index (χ1v) is 7.96. The molecule has 6 heteroatoms. The van der Waals surface area contributed by atoms with E-state index in [1.165, 1.54) is 0 Å². The Morgan fingerprint density at radius 2 is 2.20 bits per heavy atom. The molecule has 3 aromatic rings. The Balaban J connectivity index is 1.90. The summed E-state index contributed by atoms with van der Waals surface area (Å²) >= 11 is 7.58. The first-order chi connectivity index (χ1) is 9.78. The molecule has 0 atom stereocenters. The van der Waals surface area contributed by atoms with Gasteiger partial charge in [0.1, 0.15) is 11.3 Å². The van der Waals surface area contributed by atoms with Crippen LogP contribution < -0.4 is 0 Å². The molecule has 3 aromatic heterocycles. The van der Waals surface area contributed by atoms with Gasteiger partial charge in [-0.3, -0.25) is 0 Å². The van der Waals surface area contributed by atoms with Crippen LogP contribution in [0.4, 0.5) is 0 Å². The van der Waals surface area contributed by atoms with E-state index in [9.17, 15) is 0 Å². The second kappa shape index (κ2) is 5.89. The smallest absolute Gasteiger partial charge is 0.159 e. The number of imidazole rings is 1. The number of nitrogens with zero attached hydrogens (tertiary/aromatic N) is 4. The molecule has 0 aromatic carbocycles. The van der Waals surface area contributed by atoms with Crippen molar-refractivity contribution in [3.8, 4) is 0 Å². The summed E-state index contributed by atoms with van der Waals surface area (Å²) in [5, 5.41) is 3.23. The van der Waals surface area contributed by atoms with Crippen LogP contribution in [0.25, 0.3) is 11.2 Å². The van der Waals surface area contributed by atoms with Gasteiger partial charge in [0.05, 0.1) is 5.01 Å². The highest BCUT2D eigenvalue weighted by Gasteiger charge is 2.11. The van der Waals surface area contributed by atoms with Crippen LogP contribution in [0.1, 0.15) is 16.5 Å². The second-order valence-corrected chi connectivity index (χ2v) is 5.92. The summed E-state index contributed by atoms with van der Waals surface area (Å²) in [6.45, 7) is 2.86. The van der Waals surface area contributed by atoms with Crippen molar-refractivity contribution in [1.29, 1.82) is 0 Å². The fourth-order valence-corrected chi connectivity index (χ4v) is 3.17. The molecule has 0 unspecified atom stereocenters. The molecule has 0 aliphatic carbocycles. The van der Waals surface area contributed by atoms with Gasteiger partial charge in [-0.2, -0.15) is 0 Å². The minimum atomic E-state index is 0.569. The highest BCUT2D eigenvalue weighted by atomic mass is 35.5. The maximum Gasteiger partial charge on any atom is 0.159 e. The number of hydrogen-bond acceptors (Lipinski definition) is 4. The standard InChI is InChI=1S/C14H15ClN4S/c1-10-9-20-13(17-10)5-8-19-12(4-6-15)18-11-3-2-7-16-14(11)19/h2-3,7,9H,4-6,8H2,1H3. The fraction of sp³-hybridized carbons (Fsp3) is 0.357. The van der Waals surface area contributed by atoms with Crippen LogP contribution in [0, 0.1) is 6.92 Å².